The first-order valence-electron chi connectivity index (χ1n) is 11.8. The maximum atomic E-state index is 11.8. The molecule has 1 aromatic carbocycles. The van der Waals surface area contributed by atoms with Gasteiger partial charge in [0.2, 0.25) is 5.91 Å². The zero-order chi connectivity index (χ0) is 23.3. The van der Waals surface area contributed by atoms with Crippen LogP contribution in [0.2, 0.25) is 0 Å². The van der Waals surface area contributed by atoms with E-state index in [0.29, 0.717) is 13.2 Å². The van der Waals surface area contributed by atoms with Crippen molar-refractivity contribution < 1.29 is 28.5 Å². The van der Waals surface area contributed by atoms with Gasteiger partial charge in [-0.1, -0.05) is 57.0 Å². The fraction of sp³-hybridized carbons (Fsp3) is 0.680. The topological polar surface area (TPSA) is 83.1 Å². The summed E-state index contributed by atoms with van der Waals surface area (Å²) in [6.07, 6.45) is 3.52. The SMILES string of the molecule is CCC1OC(OCCCCCCOCc2ccccc2)C(NC(C)=O)C(OC(C)=O)C1C. The molecule has 2 rings (SSSR count). The van der Waals surface area contributed by atoms with Gasteiger partial charge < -0.3 is 24.3 Å². The molecule has 1 amide bonds. The van der Waals surface area contributed by atoms with Gasteiger partial charge in [0.25, 0.3) is 0 Å². The molecule has 1 aromatic rings. The minimum Gasteiger partial charge on any atom is -0.460 e. The molecule has 1 aliphatic rings. The Hall–Kier alpha value is -1.96. The van der Waals surface area contributed by atoms with E-state index in [1.165, 1.54) is 19.4 Å². The molecule has 0 saturated carbocycles. The molecule has 0 bridgehead atoms. The lowest BCUT2D eigenvalue weighted by molar-refractivity contribution is -0.253. The number of unbranched alkanes of at least 4 members (excludes halogenated alkanes) is 3. The van der Waals surface area contributed by atoms with Crippen molar-refractivity contribution in [3.05, 3.63) is 35.9 Å². The van der Waals surface area contributed by atoms with Gasteiger partial charge in [0, 0.05) is 33.0 Å². The van der Waals surface area contributed by atoms with Crippen molar-refractivity contribution in [3.8, 4) is 0 Å². The zero-order valence-corrected chi connectivity index (χ0v) is 19.9. The van der Waals surface area contributed by atoms with E-state index in [-0.39, 0.29) is 23.9 Å². The molecule has 7 nitrogen and oxygen atoms in total. The zero-order valence-electron chi connectivity index (χ0n) is 19.9. The molecule has 0 aliphatic carbocycles. The van der Waals surface area contributed by atoms with Crippen molar-refractivity contribution in [1.82, 2.24) is 5.32 Å². The van der Waals surface area contributed by atoms with E-state index in [1.54, 1.807) is 0 Å². The number of hydrogen-bond donors (Lipinski definition) is 1. The molecule has 1 N–H and O–H groups in total. The van der Waals surface area contributed by atoms with Crippen LogP contribution in [0.1, 0.15) is 65.4 Å². The molecule has 5 unspecified atom stereocenters. The Balaban J connectivity index is 1.72. The smallest absolute Gasteiger partial charge is 0.302 e. The third-order valence-corrected chi connectivity index (χ3v) is 5.71. The highest BCUT2D eigenvalue weighted by atomic mass is 16.7. The van der Waals surface area contributed by atoms with Crippen LogP contribution in [-0.2, 0) is 35.1 Å². The van der Waals surface area contributed by atoms with Gasteiger partial charge in [0.15, 0.2) is 6.29 Å². The summed E-state index contributed by atoms with van der Waals surface area (Å²) in [4.78, 5) is 23.4. The van der Waals surface area contributed by atoms with Gasteiger partial charge in [0.1, 0.15) is 12.1 Å². The molecule has 1 heterocycles. The van der Waals surface area contributed by atoms with E-state index in [2.05, 4.69) is 17.4 Å². The predicted molar refractivity (Wildman–Crippen MR) is 122 cm³/mol. The Kier molecular flexibility index (Phi) is 11.7. The summed E-state index contributed by atoms with van der Waals surface area (Å²) in [5.41, 5.74) is 1.19. The molecule has 1 aliphatic heterocycles. The van der Waals surface area contributed by atoms with E-state index < -0.39 is 18.4 Å². The van der Waals surface area contributed by atoms with Crippen LogP contribution in [0.25, 0.3) is 0 Å². The van der Waals surface area contributed by atoms with Gasteiger partial charge in [-0.15, -0.1) is 0 Å². The molecule has 0 aromatic heterocycles. The average Bonchev–Trinajstić information content (AvgIpc) is 2.76. The number of carbonyl (C=O) groups is 2. The van der Waals surface area contributed by atoms with E-state index in [0.717, 1.165) is 38.7 Å². The minimum absolute atomic E-state index is 0.0449. The van der Waals surface area contributed by atoms with Gasteiger partial charge in [-0.25, -0.2) is 0 Å². The van der Waals surface area contributed by atoms with Gasteiger partial charge in [-0.05, 0) is 24.8 Å². The second kappa shape index (κ2) is 14.2. The summed E-state index contributed by atoms with van der Waals surface area (Å²) in [6.45, 7) is 8.74. The molecule has 5 atom stereocenters. The number of rotatable bonds is 13. The van der Waals surface area contributed by atoms with Crippen molar-refractivity contribution >= 4 is 11.9 Å². The third-order valence-electron chi connectivity index (χ3n) is 5.71. The number of esters is 1. The Morgan fingerprint density at radius 3 is 2.34 bits per heavy atom. The van der Waals surface area contributed by atoms with E-state index >= 15 is 0 Å². The lowest BCUT2D eigenvalue weighted by atomic mass is 9.87. The highest BCUT2D eigenvalue weighted by Gasteiger charge is 2.46. The van der Waals surface area contributed by atoms with Gasteiger partial charge in [-0.2, -0.15) is 0 Å². The number of hydrogen-bond acceptors (Lipinski definition) is 6. The van der Waals surface area contributed by atoms with Gasteiger partial charge in [0.05, 0.1) is 12.7 Å². The lowest BCUT2D eigenvalue weighted by Crippen LogP contribution is -2.62. The number of carbonyl (C=O) groups excluding carboxylic acids is 2. The van der Waals surface area contributed by atoms with Crippen LogP contribution in [0, 0.1) is 5.92 Å². The van der Waals surface area contributed by atoms with Gasteiger partial charge in [-0.3, -0.25) is 9.59 Å². The second-order valence-electron chi connectivity index (χ2n) is 8.43. The Morgan fingerprint density at radius 1 is 1.03 bits per heavy atom. The normalized spacial score (nSPS) is 25.3. The molecule has 180 valence electrons. The first-order chi connectivity index (χ1) is 15.4. The summed E-state index contributed by atoms with van der Waals surface area (Å²) in [5.74, 6) is -0.624. The molecule has 0 spiro atoms. The van der Waals surface area contributed by atoms with E-state index in [1.807, 2.05) is 32.0 Å². The lowest BCUT2D eigenvalue weighted by Gasteiger charge is -2.44. The second-order valence-corrected chi connectivity index (χ2v) is 8.43. The van der Waals surface area contributed by atoms with Gasteiger partial charge >= 0.3 is 5.97 Å². The highest BCUT2D eigenvalue weighted by molar-refractivity contribution is 5.73. The van der Waals surface area contributed by atoms with Crippen molar-refractivity contribution in [2.45, 2.75) is 90.9 Å². The van der Waals surface area contributed by atoms with Crippen molar-refractivity contribution in [3.63, 3.8) is 0 Å². The maximum Gasteiger partial charge on any atom is 0.302 e. The van der Waals surface area contributed by atoms with Crippen LogP contribution in [0.4, 0.5) is 0 Å². The van der Waals surface area contributed by atoms with Crippen LogP contribution < -0.4 is 5.32 Å². The molecular formula is C25H39NO6. The van der Waals surface area contributed by atoms with Crippen molar-refractivity contribution in [1.29, 1.82) is 0 Å². The Labute approximate surface area is 192 Å². The fourth-order valence-electron chi connectivity index (χ4n) is 4.07. The maximum absolute atomic E-state index is 11.8. The molecular weight excluding hydrogens is 410 g/mol. The average molecular weight is 450 g/mol. The summed E-state index contributed by atoms with van der Waals surface area (Å²) < 4.78 is 23.4. The first-order valence-corrected chi connectivity index (χ1v) is 11.8. The minimum atomic E-state index is -0.640. The molecule has 1 saturated heterocycles. The highest BCUT2D eigenvalue weighted by Crippen LogP contribution is 2.31. The Morgan fingerprint density at radius 2 is 1.72 bits per heavy atom. The van der Waals surface area contributed by atoms with E-state index in [4.69, 9.17) is 18.9 Å². The molecule has 7 heteroatoms. The van der Waals surface area contributed by atoms with E-state index in [9.17, 15) is 9.59 Å². The molecule has 32 heavy (non-hydrogen) atoms. The summed E-state index contributed by atoms with van der Waals surface area (Å²) in [7, 11) is 0. The number of nitrogens with one attached hydrogen (secondary N) is 1. The fourth-order valence-corrected chi connectivity index (χ4v) is 4.07. The van der Waals surface area contributed by atoms with Crippen molar-refractivity contribution in [2.75, 3.05) is 13.2 Å². The predicted octanol–water partition coefficient (Wildman–Crippen LogP) is 3.99. The number of amides is 1. The summed E-state index contributed by atoms with van der Waals surface area (Å²) in [5, 5.41) is 2.87. The summed E-state index contributed by atoms with van der Waals surface area (Å²) >= 11 is 0. The summed E-state index contributed by atoms with van der Waals surface area (Å²) in [6, 6.07) is 9.64. The van der Waals surface area contributed by atoms with Crippen LogP contribution >= 0.6 is 0 Å². The standard InChI is InChI=1S/C25H39NO6/c1-5-22-18(2)24(31-20(4)28)23(26-19(3)27)25(32-22)30-16-12-7-6-11-15-29-17-21-13-9-8-10-14-21/h8-10,13-14,18,22-25H,5-7,11-12,15-17H2,1-4H3,(H,26,27). The quantitative estimate of drug-likeness (QED) is 0.362. The number of ether oxygens (including phenoxy) is 4. The van der Waals surface area contributed by atoms with Crippen LogP contribution in [0.15, 0.2) is 30.3 Å². The van der Waals surface area contributed by atoms with Crippen LogP contribution in [0.5, 0.6) is 0 Å². The van der Waals surface area contributed by atoms with Crippen LogP contribution in [-0.4, -0.2) is 49.6 Å². The van der Waals surface area contributed by atoms with Crippen molar-refractivity contribution in [2.24, 2.45) is 5.92 Å². The molecule has 1 fully saturated rings. The largest absolute Gasteiger partial charge is 0.460 e. The third kappa shape index (κ3) is 8.88. The van der Waals surface area contributed by atoms with Crippen LogP contribution in [0.3, 0.4) is 0 Å². The monoisotopic (exact) mass is 449 g/mol. The number of benzene rings is 1. The Bertz CT molecular complexity index is 682. The first kappa shape index (κ1) is 26.3. The molecule has 0 radical (unpaired) electrons.